The molecule has 1 aliphatic heterocycles. The summed E-state index contributed by atoms with van der Waals surface area (Å²) in [7, 11) is 0. The summed E-state index contributed by atoms with van der Waals surface area (Å²) in [6.45, 7) is 4.77. The van der Waals surface area contributed by atoms with Crippen molar-refractivity contribution in [2.45, 2.75) is 13.1 Å². The number of amides is 1. The molecule has 0 aromatic heterocycles. The van der Waals surface area contributed by atoms with Gasteiger partial charge in [-0.15, -0.1) is 0 Å². The first-order chi connectivity index (χ1) is 11.7. The highest BCUT2D eigenvalue weighted by Gasteiger charge is 2.12. The molecule has 3 rings (SSSR count). The van der Waals surface area contributed by atoms with Crippen molar-refractivity contribution < 1.29 is 9.53 Å². The number of rotatable bonds is 5. The summed E-state index contributed by atoms with van der Waals surface area (Å²) in [5.74, 6) is -0.0613. The molecule has 1 saturated heterocycles. The van der Waals surface area contributed by atoms with Crippen LogP contribution in [-0.4, -0.2) is 37.1 Å². The standard InChI is InChI=1S/C19H21ClN2O2/c20-18-6-4-15(5-7-18)13-21-19(23)17-3-1-2-16(12-17)14-22-8-10-24-11-9-22/h1-7,12H,8-11,13-14H2,(H,21,23). The largest absolute Gasteiger partial charge is 0.379 e. The van der Waals surface area contributed by atoms with Crippen molar-refractivity contribution in [2.75, 3.05) is 26.3 Å². The third-order valence-electron chi connectivity index (χ3n) is 4.07. The maximum Gasteiger partial charge on any atom is 0.251 e. The van der Waals surface area contributed by atoms with Gasteiger partial charge in [-0.25, -0.2) is 0 Å². The third-order valence-corrected chi connectivity index (χ3v) is 4.32. The molecule has 1 aliphatic rings. The number of morpholine rings is 1. The summed E-state index contributed by atoms with van der Waals surface area (Å²) in [6.07, 6.45) is 0. The SMILES string of the molecule is O=C(NCc1ccc(Cl)cc1)c1cccc(CN2CCOCC2)c1. The number of ether oxygens (including phenoxy) is 1. The quantitative estimate of drug-likeness (QED) is 0.906. The average Bonchev–Trinajstić information content (AvgIpc) is 2.62. The van der Waals surface area contributed by atoms with Crippen molar-refractivity contribution in [2.24, 2.45) is 0 Å². The lowest BCUT2D eigenvalue weighted by Crippen LogP contribution is -2.35. The van der Waals surface area contributed by atoms with Crippen LogP contribution in [0, 0.1) is 0 Å². The Morgan fingerprint density at radius 3 is 2.58 bits per heavy atom. The lowest BCUT2D eigenvalue weighted by molar-refractivity contribution is 0.0342. The first kappa shape index (κ1) is 17.0. The van der Waals surface area contributed by atoms with Gasteiger partial charge in [0, 0.05) is 36.8 Å². The molecule has 126 valence electrons. The summed E-state index contributed by atoms with van der Waals surface area (Å²) in [5.41, 5.74) is 2.86. The summed E-state index contributed by atoms with van der Waals surface area (Å²) in [4.78, 5) is 14.7. The number of nitrogens with zero attached hydrogens (tertiary/aromatic N) is 1. The van der Waals surface area contributed by atoms with E-state index in [0.717, 1.165) is 44.0 Å². The van der Waals surface area contributed by atoms with Crippen molar-refractivity contribution in [1.82, 2.24) is 10.2 Å². The Morgan fingerprint density at radius 2 is 1.83 bits per heavy atom. The highest BCUT2D eigenvalue weighted by atomic mass is 35.5. The van der Waals surface area contributed by atoms with Crippen LogP contribution >= 0.6 is 11.6 Å². The predicted molar refractivity (Wildman–Crippen MR) is 95.2 cm³/mol. The number of halogens is 1. The Bertz CT molecular complexity index is 682. The number of carbonyl (C=O) groups is 1. The van der Waals surface area contributed by atoms with E-state index in [2.05, 4.69) is 16.3 Å². The molecule has 1 N–H and O–H groups in total. The zero-order chi connectivity index (χ0) is 16.8. The van der Waals surface area contributed by atoms with Gasteiger partial charge in [-0.05, 0) is 35.4 Å². The molecule has 1 amide bonds. The Hall–Kier alpha value is -1.88. The van der Waals surface area contributed by atoms with E-state index in [1.54, 1.807) is 0 Å². The van der Waals surface area contributed by atoms with Crippen LogP contribution in [0.15, 0.2) is 48.5 Å². The van der Waals surface area contributed by atoms with E-state index in [0.29, 0.717) is 17.1 Å². The van der Waals surface area contributed by atoms with Crippen molar-refractivity contribution in [3.63, 3.8) is 0 Å². The molecule has 1 fully saturated rings. The molecule has 0 radical (unpaired) electrons. The van der Waals surface area contributed by atoms with Gasteiger partial charge in [-0.2, -0.15) is 0 Å². The Balaban J connectivity index is 1.58. The van der Waals surface area contributed by atoms with Gasteiger partial charge in [0.2, 0.25) is 0 Å². The minimum atomic E-state index is -0.0613. The topological polar surface area (TPSA) is 41.6 Å². The first-order valence-corrected chi connectivity index (χ1v) is 8.50. The molecule has 0 spiro atoms. The van der Waals surface area contributed by atoms with Crippen LogP contribution in [0.2, 0.25) is 5.02 Å². The zero-order valence-electron chi connectivity index (χ0n) is 13.5. The van der Waals surface area contributed by atoms with E-state index in [4.69, 9.17) is 16.3 Å². The van der Waals surface area contributed by atoms with E-state index in [-0.39, 0.29) is 5.91 Å². The van der Waals surface area contributed by atoms with Crippen molar-refractivity contribution in [3.8, 4) is 0 Å². The van der Waals surface area contributed by atoms with Gasteiger partial charge in [0.15, 0.2) is 0 Å². The predicted octanol–water partition coefficient (Wildman–Crippen LogP) is 3.10. The van der Waals surface area contributed by atoms with Crippen LogP contribution in [0.25, 0.3) is 0 Å². The fraction of sp³-hybridized carbons (Fsp3) is 0.316. The van der Waals surface area contributed by atoms with E-state index >= 15 is 0 Å². The zero-order valence-corrected chi connectivity index (χ0v) is 14.3. The Morgan fingerprint density at radius 1 is 1.08 bits per heavy atom. The molecular weight excluding hydrogens is 324 g/mol. The number of hydrogen-bond donors (Lipinski definition) is 1. The van der Waals surface area contributed by atoms with Gasteiger partial charge in [0.25, 0.3) is 5.91 Å². The van der Waals surface area contributed by atoms with Gasteiger partial charge < -0.3 is 10.1 Å². The molecule has 2 aromatic carbocycles. The van der Waals surface area contributed by atoms with E-state index in [1.807, 2.05) is 42.5 Å². The second kappa shape index (κ2) is 8.29. The monoisotopic (exact) mass is 344 g/mol. The first-order valence-electron chi connectivity index (χ1n) is 8.12. The molecule has 2 aromatic rings. The van der Waals surface area contributed by atoms with Gasteiger partial charge in [0.1, 0.15) is 0 Å². The smallest absolute Gasteiger partial charge is 0.251 e. The van der Waals surface area contributed by atoms with Gasteiger partial charge >= 0.3 is 0 Å². The van der Waals surface area contributed by atoms with E-state index in [9.17, 15) is 4.79 Å². The fourth-order valence-electron chi connectivity index (χ4n) is 2.72. The summed E-state index contributed by atoms with van der Waals surface area (Å²) in [6, 6.07) is 15.3. The minimum absolute atomic E-state index is 0.0613. The summed E-state index contributed by atoms with van der Waals surface area (Å²) < 4.78 is 5.37. The van der Waals surface area contributed by atoms with Crippen molar-refractivity contribution in [1.29, 1.82) is 0 Å². The number of carbonyl (C=O) groups excluding carboxylic acids is 1. The lowest BCUT2D eigenvalue weighted by Gasteiger charge is -2.26. The molecule has 5 heteroatoms. The molecule has 4 nitrogen and oxygen atoms in total. The Kier molecular flexibility index (Phi) is 5.86. The average molecular weight is 345 g/mol. The second-order valence-corrected chi connectivity index (χ2v) is 6.33. The third kappa shape index (κ3) is 4.81. The number of benzene rings is 2. The number of hydrogen-bond acceptors (Lipinski definition) is 3. The van der Waals surface area contributed by atoms with E-state index in [1.165, 1.54) is 0 Å². The maximum atomic E-state index is 12.4. The van der Waals surface area contributed by atoms with Crippen LogP contribution in [0.1, 0.15) is 21.5 Å². The van der Waals surface area contributed by atoms with Crippen LogP contribution in [0.5, 0.6) is 0 Å². The molecule has 0 unspecified atom stereocenters. The normalized spacial score (nSPS) is 15.2. The fourth-order valence-corrected chi connectivity index (χ4v) is 2.84. The van der Waals surface area contributed by atoms with Gasteiger partial charge in [-0.1, -0.05) is 35.9 Å². The molecule has 24 heavy (non-hydrogen) atoms. The molecule has 0 atom stereocenters. The summed E-state index contributed by atoms with van der Waals surface area (Å²) >= 11 is 5.87. The molecule has 0 bridgehead atoms. The van der Waals surface area contributed by atoms with Crippen molar-refractivity contribution in [3.05, 3.63) is 70.2 Å². The van der Waals surface area contributed by atoms with Crippen LogP contribution in [0.3, 0.4) is 0 Å². The van der Waals surface area contributed by atoms with Crippen LogP contribution < -0.4 is 5.32 Å². The molecule has 0 aliphatic carbocycles. The van der Waals surface area contributed by atoms with Gasteiger partial charge in [-0.3, -0.25) is 9.69 Å². The summed E-state index contributed by atoms with van der Waals surface area (Å²) in [5, 5.41) is 3.65. The Labute approximate surface area is 147 Å². The highest BCUT2D eigenvalue weighted by Crippen LogP contribution is 2.12. The highest BCUT2D eigenvalue weighted by molar-refractivity contribution is 6.30. The molecular formula is C19H21ClN2O2. The van der Waals surface area contributed by atoms with Gasteiger partial charge in [0.05, 0.1) is 13.2 Å². The second-order valence-electron chi connectivity index (χ2n) is 5.90. The van der Waals surface area contributed by atoms with Crippen LogP contribution in [0.4, 0.5) is 0 Å². The van der Waals surface area contributed by atoms with E-state index < -0.39 is 0 Å². The van der Waals surface area contributed by atoms with Crippen molar-refractivity contribution >= 4 is 17.5 Å². The molecule has 1 heterocycles. The minimum Gasteiger partial charge on any atom is -0.379 e. The maximum absolute atomic E-state index is 12.4. The van der Waals surface area contributed by atoms with Crippen LogP contribution in [-0.2, 0) is 17.8 Å². The number of nitrogens with one attached hydrogen (secondary N) is 1. The lowest BCUT2D eigenvalue weighted by atomic mass is 10.1. The molecule has 0 saturated carbocycles.